The van der Waals surface area contributed by atoms with Crippen molar-refractivity contribution < 1.29 is 4.42 Å². The van der Waals surface area contributed by atoms with E-state index >= 15 is 0 Å². The maximum atomic E-state index is 6.40. The minimum Gasteiger partial charge on any atom is -0.456 e. The van der Waals surface area contributed by atoms with E-state index in [1.165, 1.54) is 60.7 Å². The van der Waals surface area contributed by atoms with Crippen LogP contribution >= 0.6 is 0 Å². The molecule has 0 saturated heterocycles. The molecule has 5 nitrogen and oxygen atoms in total. The Bertz CT molecular complexity index is 3790. The van der Waals surface area contributed by atoms with Crippen molar-refractivity contribution >= 4 is 54.5 Å². The SMILES string of the molecule is c1ccc(-c2nc(-c3cccc4oc5ccccc5c34)nc(-n3c4ccccc4c4c5ccccc5c5c(c43)C3(c4ccccc4-c4ccccc43)c3ccccc3-5)n2)cc1. The summed E-state index contributed by atoms with van der Waals surface area (Å²) < 4.78 is 8.75. The van der Waals surface area contributed by atoms with E-state index in [1.54, 1.807) is 0 Å². The summed E-state index contributed by atoms with van der Waals surface area (Å²) >= 11 is 0. The topological polar surface area (TPSA) is 56.7 Å². The second kappa shape index (κ2) is 12.0. The van der Waals surface area contributed by atoms with E-state index < -0.39 is 5.41 Å². The second-order valence-electron chi connectivity index (χ2n) is 16.2. The molecule has 3 aromatic heterocycles. The van der Waals surface area contributed by atoms with Gasteiger partial charge in [-0.05, 0) is 67.9 Å². The van der Waals surface area contributed by atoms with Gasteiger partial charge in [-0.3, -0.25) is 4.57 Å². The number of fused-ring (bicyclic) bond motifs is 20. The molecular weight excluding hydrogens is 745 g/mol. The fourth-order valence-electron chi connectivity index (χ4n) is 11.0. The molecule has 0 fully saturated rings. The van der Waals surface area contributed by atoms with Crippen LogP contribution in [0, 0.1) is 0 Å². The highest BCUT2D eigenvalue weighted by atomic mass is 16.3. The van der Waals surface area contributed by atoms with Crippen LogP contribution in [0.2, 0.25) is 0 Å². The Morgan fingerprint density at radius 3 is 1.72 bits per heavy atom. The molecule has 2 aliphatic carbocycles. The molecule has 0 saturated carbocycles. The summed E-state index contributed by atoms with van der Waals surface area (Å²) in [6.07, 6.45) is 0. The fourth-order valence-corrected chi connectivity index (χ4v) is 11.0. The number of aromatic nitrogens is 4. The molecule has 282 valence electrons. The molecule has 0 N–H and O–H groups in total. The van der Waals surface area contributed by atoms with Gasteiger partial charge >= 0.3 is 0 Å². The van der Waals surface area contributed by atoms with Gasteiger partial charge < -0.3 is 4.42 Å². The van der Waals surface area contributed by atoms with Crippen molar-refractivity contribution in [1.82, 2.24) is 19.5 Å². The molecule has 5 heteroatoms. The highest BCUT2D eigenvalue weighted by Gasteiger charge is 2.53. The van der Waals surface area contributed by atoms with Crippen LogP contribution in [-0.4, -0.2) is 19.5 Å². The van der Waals surface area contributed by atoms with Gasteiger partial charge in [0.15, 0.2) is 11.6 Å². The summed E-state index contributed by atoms with van der Waals surface area (Å²) in [7, 11) is 0. The first-order valence-electron chi connectivity index (χ1n) is 20.8. The summed E-state index contributed by atoms with van der Waals surface area (Å²) in [5.74, 6) is 1.74. The Hall–Kier alpha value is -8.15. The van der Waals surface area contributed by atoms with Gasteiger partial charge in [-0.1, -0.05) is 176 Å². The van der Waals surface area contributed by atoms with E-state index in [1.807, 2.05) is 42.5 Å². The van der Waals surface area contributed by atoms with Crippen LogP contribution in [0.15, 0.2) is 199 Å². The number of hydrogen-bond donors (Lipinski definition) is 0. The molecule has 0 unspecified atom stereocenters. The number of rotatable bonds is 3. The number of para-hydroxylation sites is 2. The number of hydrogen-bond acceptors (Lipinski definition) is 4. The summed E-state index contributed by atoms with van der Waals surface area (Å²) in [6.45, 7) is 0. The zero-order valence-corrected chi connectivity index (χ0v) is 32.7. The van der Waals surface area contributed by atoms with Crippen molar-refractivity contribution in [3.05, 3.63) is 216 Å². The molecule has 0 bridgehead atoms. The molecule has 0 radical (unpaired) electrons. The summed E-state index contributed by atoms with van der Waals surface area (Å²) in [5.41, 5.74) is 15.1. The minimum atomic E-state index is -0.618. The third-order valence-corrected chi connectivity index (χ3v) is 13.3. The smallest absolute Gasteiger partial charge is 0.238 e. The van der Waals surface area contributed by atoms with E-state index in [2.05, 4.69) is 156 Å². The number of furan rings is 1. The largest absolute Gasteiger partial charge is 0.456 e. The van der Waals surface area contributed by atoms with Gasteiger partial charge in [-0.2, -0.15) is 9.97 Å². The van der Waals surface area contributed by atoms with Crippen LogP contribution < -0.4 is 0 Å². The predicted octanol–water partition coefficient (Wildman–Crippen LogP) is 13.7. The summed E-state index contributed by atoms with van der Waals surface area (Å²) in [5, 5.41) is 6.77. The summed E-state index contributed by atoms with van der Waals surface area (Å²) in [4.78, 5) is 16.3. The lowest BCUT2D eigenvalue weighted by atomic mass is 9.70. The van der Waals surface area contributed by atoms with Crippen molar-refractivity contribution in [2.45, 2.75) is 5.41 Å². The van der Waals surface area contributed by atoms with Gasteiger partial charge in [-0.15, -0.1) is 0 Å². The average molecular weight is 777 g/mol. The van der Waals surface area contributed by atoms with Crippen molar-refractivity contribution in [1.29, 1.82) is 0 Å². The molecule has 12 aromatic rings. The summed E-state index contributed by atoms with van der Waals surface area (Å²) in [6, 6.07) is 69.4. The molecule has 9 aromatic carbocycles. The maximum absolute atomic E-state index is 6.40. The van der Waals surface area contributed by atoms with Crippen LogP contribution in [0.3, 0.4) is 0 Å². The lowest BCUT2D eigenvalue weighted by molar-refractivity contribution is 0.669. The van der Waals surface area contributed by atoms with Crippen molar-refractivity contribution in [2.75, 3.05) is 0 Å². The van der Waals surface area contributed by atoms with Crippen molar-refractivity contribution in [2.24, 2.45) is 0 Å². The third kappa shape index (κ3) is 4.17. The van der Waals surface area contributed by atoms with Crippen LogP contribution in [0.5, 0.6) is 0 Å². The standard InChI is InChI=1S/C56H32N4O/c1-2-17-33(18-3-1)53-57-54(41-26-16-32-47-48(41)40-25-10-15-31-46(40)61-47)59-55(58-53)60-45-30-14-9-24-39(45)50-37-22-5-4-21-36(37)49-38-23-8-13-29-44(38)56(51(49)52(50)60)42-27-11-6-19-34(42)35-20-7-12-28-43(35)56/h1-32H. The molecule has 0 atom stereocenters. The molecular formula is C56H32N4O. The molecule has 61 heavy (non-hydrogen) atoms. The highest BCUT2D eigenvalue weighted by molar-refractivity contribution is 6.27. The van der Waals surface area contributed by atoms with Crippen molar-refractivity contribution in [3.63, 3.8) is 0 Å². The predicted molar refractivity (Wildman–Crippen MR) is 246 cm³/mol. The maximum Gasteiger partial charge on any atom is 0.238 e. The molecule has 0 amide bonds. The molecule has 0 aliphatic heterocycles. The third-order valence-electron chi connectivity index (χ3n) is 13.3. The van der Waals surface area contributed by atoms with Crippen LogP contribution in [-0.2, 0) is 5.41 Å². The highest BCUT2D eigenvalue weighted by Crippen LogP contribution is 2.66. The molecule has 2 aliphatic rings. The lowest BCUT2D eigenvalue weighted by Gasteiger charge is -2.31. The van der Waals surface area contributed by atoms with Crippen molar-refractivity contribution in [3.8, 4) is 51.0 Å². The first-order chi connectivity index (χ1) is 30.3. The van der Waals surface area contributed by atoms with E-state index in [0.29, 0.717) is 17.6 Å². The first-order valence-corrected chi connectivity index (χ1v) is 20.8. The number of nitrogens with zero attached hydrogens (tertiary/aromatic N) is 4. The monoisotopic (exact) mass is 776 g/mol. The van der Waals surface area contributed by atoms with Gasteiger partial charge in [0.25, 0.3) is 0 Å². The molecule has 1 spiro atoms. The Kier molecular flexibility index (Phi) is 6.43. The van der Waals surface area contributed by atoms with E-state index in [9.17, 15) is 0 Å². The van der Waals surface area contributed by atoms with Gasteiger partial charge in [0.1, 0.15) is 11.2 Å². The lowest BCUT2D eigenvalue weighted by Crippen LogP contribution is -2.26. The van der Waals surface area contributed by atoms with Gasteiger partial charge in [0.05, 0.1) is 16.4 Å². The molecule has 14 rings (SSSR count). The first kappa shape index (κ1) is 32.8. The Morgan fingerprint density at radius 2 is 0.951 bits per heavy atom. The van der Waals surface area contributed by atoms with Crippen LogP contribution in [0.25, 0.3) is 105 Å². The fraction of sp³-hybridized carbons (Fsp3) is 0.0179. The van der Waals surface area contributed by atoms with Crippen LogP contribution in [0.4, 0.5) is 0 Å². The zero-order valence-electron chi connectivity index (χ0n) is 32.7. The quantitative estimate of drug-likeness (QED) is 0.179. The second-order valence-corrected chi connectivity index (χ2v) is 16.2. The number of benzene rings is 9. The Labute approximate surface area is 349 Å². The van der Waals surface area contributed by atoms with E-state index in [0.717, 1.165) is 49.5 Å². The zero-order chi connectivity index (χ0) is 39.8. The van der Waals surface area contributed by atoms with E-state index in [4.69, 9.17) is 19.4 Å². The van der Waals surface area contributed by atoms with E-state index in [-0.39, 0.29) is 0 Å². The molecule has 3 heterocycles. The normalized spacial score (nSPS) is 13.4. The van der Waals surface area contributed by atoms with Gasteiger partial charge in [0.2, 0.25) is 5.95 Å². The van der Waals surface area contributed by atoms with Crippen LogP contribution in [0.1, 0.15) is 22.3 Å². The van der Waals surface area contributed by atoms with Gasteiger partial charge in [-0.25, -0.2) is 4.98 Å². The Morgan fingerprint density at radius 1 is 0.393 bits per heavy atom. The minimum absolute atomic E-state index is 0.558. The van der Waals surface area contributed by atoms with Gasteiger partial charge in [0, 0.05) is 38.2 Å². The average Bonchev–Trinajstić information content (AvgIpc) is 4.06. The Balaban J connectivity index is 1.20.